The molecule has 1 aromatic carbocycles. The van der Waals surface area contributed by atoms with E-state index in [1.54, 1.807) is 0 Å². The molecule has 1 saturated heterocycles. The van der Waals surface area contributed by atoms with Crippen molar-refractivity contribution in [3.63, 3.8) is 0 Å². The second kappa shape index (κ2) is 5.75. The molecule has 16 heavy (non-hydrogen) atoms. The lowest BCUT2D eigenvalue weighted by Gasteiger charge is -2.11. The highest BCUT2D eigenvalue weighted by Gasteiger charge is 2.14. The van der Waals surface area contributed by atoms with Gasteiger partial charge in [0.1, 0.15) is 11.5 Å². The van der Waals surface area contributed by atoms with Crippen LogP contribution in [0, 0.1) is 5.92 Å². The highest BCUT2D eigenvalue weighted by atomic mass is 16.5. The molecule has 0 unspecified atom stereocenters. The first-order chi connectivity index (χ1) is 7.88. The predicted molar refractivity (Wildman–Crippen MR) is 64.1 cm³/mol. The Morgan fingerprint density at radius 1 is 1.31 bits per heavy atom. The van der Waals surface area contributed by atoms with Crippen molar-refractivity contribution in [2.75, 3.05) is 26.3 Å². The Bertz CT molecular complexity index is 321. The largest absolute Gasteiger partial charge is 0.494 e. The van der Waals surface area contributed by atoms with Gasteiger partial charge in [0.05, 0.1) is 13.2 Å². The first-order valence-corrected chi connectivity index (χ1v) is 5.95. The molecule has 3 nitrogen and oxygen atoms in total. The van der Waals surface area contributed by atoms with Gasteiger partial charge in [0.25, 0.3) is 0 Å². The molecule has 1 aliphatic rings. The van der Waals surface area contributed by atoms with E-state index < -0.39 is 0 Å². The molecule has 0 aromatic heterocycles. The van der Waals surface area contributed by atoms with Crippen LogP contribution in [0.1, 0.15) is 13.3 Å². The summed E-state index contributed by atoms with van der Waals surface area (Å²) in [6.07, 6.45) is 1.21. The molecule has 0 saturated carbocycles. The van der Waals surface area contributed by atoms with Crippen LogP contribution in [0.4, 0.5) is 0 Å². The summed E-state index contributed by atoms with van der Waals surface area (Å²) in [5.41, 5.74) is 0. The Balaban J connectivity index is 1.85. The van der Waals surface area contributed by atoms with Crippen molar-refractivity contribution in [3.8, 4) is 11.5 Å². The van der Waals surface area contributed by atoms with Gasteiger partial charge in [-0.3, -0.25) is 0 Å². The van der Waals surface area contributed by atoms with Crippen LogP contribution in [0.5, 0.6) is 11.5 Å². The first kappa shape index (κ1) is 11.3. The molecule has 0 spiro atoms. The van der Waals surface area contributed by atoms with E-state index in [9.17, 15) is 0 Å². The molecule has 1 aromatic rings. The minimum atomic E-state index is 0.649. The first-order valence-electron chi connectivity index (χ1n) is 5.95. The lowest BCUT2D eigenvalue weighted by Crippen LogP contribution is -2.15. The molecule has 1 N–H and O–H groups in total. The lowest BCUT2D eigenvalue weighted by atomic mass is 10.1. The quantitative estimate of drug-likeness (QED) is 0.825. The third-order valence-electron chi connectivity index (χ3n) is 2.76. The van der Waals surface area contributed by atoms with Crippen LogP contribution in [0.25, 0.3) is 0 Å². The molecule has 88 valence electrons. The summed E-state index contributed by atoms with van der Waals surface area (Å²) in [5, 5.41) is 3.34. The number of nitrogens with one attached hydrogen (secondary N) is 1. The van der Waals surface area contributed by atoms with Crippen molar-refractivity contribution >= 4 is 0 Å². The van der Waals surface area contributed by atoms with Crippen molar-refractivity contribution < 1.29 is 9.47 Å². The third-order valence-corrected chi connectivity index (χ3v) is 2.76. The van der Waals surface area contributed by atoms with E-state index >= 15 is 0 Å². The molecule has 1 aliphatic heterocycles. The fourth-order valence-electron chi connectivity index (χ4n) is 1.89. The topological polar surface area (TPSA) is 30.5 Å². The smallest absolute Gasteiger partial charge is 0.122 e. The Hall–Kier alpha value is -1.22. The van der Waals surface area contributed by atoms with Gasteiger partial charge in [-0.25, -0.2) is 0 Å². The maximum Gasteiger partial charge on any atom is 0.122 e. The summed E-state index contributed by atoms with van der Waals surface area (Å²) in [7, 11) is 0. The standard InChI is InChI=1S/C13H19NO2/c1-2-15-12-4-3-5-13(8-12)16-10-11-6-7-14-9-11/h3-5,8,11,14H,2,6-7,9-10H2,1H3/t11-/m0/s1. The number of benzene rings is 1. The van der Waals surface area contributed by atoms with E-state index in [2.05, 4.69) is 5.32 Å². The van der Waals surface area contributed by atoms with E-state index in [0.29, 0.717) is 12.5 Å². The molecule has 3 heteroatoms. The number of hydrogen-bond donors (Lipinski definition) is 1. The third kappa shape index (κ3) is 3.14. The molecule has 0 aliphatic carbocycles. The number of ether oxygens (including phenoxy) is 2. The summed E-state index contributed by atoms with van der Waals surface area (Å²) in [4.78, 5) is 0. The fraction of sp³-hybridized carbons (Fsp3) is 0.538. The van der Waals surface area contributed by atoms with E-state index in [1.165, 1.54) is 6.42 Å². The average Bonchev–Trinajstić information content (AvgIpc) is 2.80. The van der Waals surface area contributed by atoms with Gasteiger partial charge in [0.15, 0.2) is 0 Å². The van der Waals surface area contributed by atoms with E-state index in [0.717, 1.165) is 31.2 Å². The summed E-state index contributed by atoms with van der Waals surface area (Å²) in [5.74, 6) is 2.43. The lowest BCUT2D eigenvalue weighted by molar-refractivity contribution is 0.258. The molecular weight excluding hydrogens is 202 g/mol. The second-order valence-electron chi connectivity index (χ2n) is 4.08. The zero-order chi connectivity index (χ0) is 11.2. The van der Waals surface area contributed by atoms with Crippen molar-refractivity contribution in [1.82, 2.24) is 5.32 Å². The summed E-state index contributed by atoms with van der Waals surface area (Å²) in [6, 6.07) is 7.84. The van der Waals surface area contributed by atoms with Gasteiger partial charge >= 0.3 is 0 Å². The van der Waals surface area contributed by atoms with Gasteiger partial charge in [-0.05, 0) is 32.0 Å². The average molecular weight is 221 g/mol. The van der Waals surface area contributed by atoms with Crippen LogP contribution in [0.15, 0.2) is 24.3 Å². The fourth-order valence-corrected chi connectivity index (χ4v) is 1.89. The van der Waals surface area contributed by atoms with Crippen molar-refractivity contribution in [3.05, 3.63) is 24.3 Å². The molecule has 0 radical (unpaired) electrons. The molecule has 1 fully saturated rings. The molecule has 1 atom stereocenters. The molecule has 0 amide bonds. The van der Waals surface area contributed by atoms with Crippen molar-refractivity contribution in [2.24, 2.45) is 5.92 Å². The van der Waals surface area contributed by atoms with Crippen molar-refractivity contribution in [1.29, 1.82) is 0 Å². The van der Waals surface area contributed by atoms with Gasteiger partial charge in [0.2, 0.25) is 0 Å². The summed E-state index contributed by atoms with van der Waals surface area (Å²) in [6.45, 7) is 5.66. The minimum Gasteiger partial charge on any atom is -0.494 e. The Morgan fingerprint density at radius 2 is 2.12 bits per heavy atom. The van der Waals surface area contributed by atoms with E-state index in [4.69, 9.17) is 9.47 Å². The minimum absolute atomic E-state index is 0.649. The highest BCUT2D eigenvalue weighted by Crippen LogP contribution is 2.20. The van der Waals surface area contributed by atoms with Crippen LogP contribution in [-0.2, 0) is 0 Å². The van der Waals surface area contributed by atoms with Crippen LogP contribution < -0.4 is 14.8 Å². The van der Waals surface area contributed by atoms with Crippen molar-refractivity contribution in [2.45, 2.75) is 13.3 Å². The summed E-state index contributed by atoms with van der Waals surface area (Å²) < 4.78 is 11.2. The number of hydrogen-bond acceptors (Lipinski definition) is 3. The monoisotopic (exact) mass is 221 g/mol. The van der Waals surface area contributed by atoms with E-state index in [1.807, 2.05) is 31.2 Å². The Kier molecular flexibility index (Phi) is 4.05. The number of rotatable bonds is 5. The van der Waals surface area contributed by atoms with Gasteiger partial charge in [-0.2, -0.15) is 0 Å². The Labute approximate surface area is 96.8 Å². The van der Waals surface area contributed by atoms with Crippen LogP contribution in [0.3, 0.4) is 0 Å². The SMILES string of the molecule is CCOc1cccc(OC[C@H]2CCNC2)c1. The van der Waals surface area contributed by atoms with Gasteiger partial charge in [-0.1, -0.05) is 6.07 Å². The normalized spacial score (nSPS) is 19.7. The molecular formula is C13H19NO2. The van der Waals surface area contributed by atoms with Gasteiger partial charge in [-0.15, -0.1) is 0 Å². The van der Waals surface area contributed by atoms with Crippen LogP contribution in [0.2, 0.25) is 0 Å². The zero-order valence-corrected chi connectivity index (χ0v) is 9.74. The maximum absolute atomic E-state index is 5.76. The predicted octanol–water partition coefficient (Wildman–Crippen LogP) is 2.07. The molecule has 0 bridgehead atoms. The maximum atomic E-state index is 5.76. The Morgan fingerprint density at radius 3 is 2.81 bits per heavy atom. The molecule has 2 rings (SSSR count). The summed E-state index contributed by atoms with van der Waals surface area (Å²) >= 11 is 0. The van der Waals surface area contributed by atoms with Gasteiger partial charge in [0, 0.05) is 18.5 Å². The van der Waals surface area contributed by atoms with Gasteiger partial charge < -0.3 is 14.8 Å². The van der Waals surface area contributed by atoms with Crippen LogP contribution >= 0.6 is 0 Å². The van der Waals surface area contributed by atoms with E-state index in [-0.39, 0.29) is 0 Å². The zero-order valence-electron chi connectivity index (χ0n) is 9.74. The highest BCUT2D eigenvalue weighted by molar-refractivity contribution is 5.32. The molecule has 1 heterocycles. The van der Waals surface area contributed by atoms with Crippen LogP contribution in [-0.4, -0.2) is 26.3 Å². The second-order valence-corrected chi connectivity index (χ2v) is 4.08.